The van der Waals surface area contributed by atoms with Crippen molar-refractivity contribution in [2.24, 2.45) is 5.92 Å². The molecule has 0 rings (SSSR count). The van der Waals surface area contributed by atoms with Gasteiger partial charge in [-0.05, 0) is 31.6 Å². The third-order valence-corrected chi connectivity index (χ3v) is 7.21. The Morgan fingerprint density at radius 2 is 1.15 bits per heavy atom. The van der Waals surface area contributed by atoms with E-state index in [1.165, 1.54) is 83.5 Å². The molecule has 4 nitrogen and oxygen atoms in total. The first-order chi connectivity index (χ1) is 21.9. The molecule has 0 saturated carbocycles. The number of carboxylic acid groups (broad SMARTS) is 2. The van der Waals surface area contributed by atoms with E-state index < -0.39 is 42.5 Å². The van der Waals surface area contributed by atoms with E-state index in [0.29, 0.717) is 0 Å². The van der Waals surface area contributed by atoms with Crippen molar-refractivity contribution in [1.82, 2.24) is 0 Å². The van der Waals surface area contributed by atoms with E-state index in [4.69, 9.17) is 18.4 Å². The lowest BCUT2D eigenvalue weighted by Gasteiger charge is -2.16. The summed E-state index contributed by atoms with van der Waals surface area (Å²) in [6.45, 7) is 2.21. The summed E-state index contributed by atoms with van der Waals surface area (Å²) in [7, 11) is 0. The van der Waals surface area contributed by atoms with E-state index in [9.17, 15) is 9.59 Å². The predicted octanol–water partition coefficient (Wildman–Crippen LogP) is 11.4. The smallest absolute Gasteiger partial charge is 0.328 e. The minimum atomic E-state index is -2.16. The maximum Gasteiger partial charge on any atom is 0.328 e. The number of hydrogen-bond acceptors (Lipinski definition) is 2. The van der Waals surface area contributed by atoms with Crippen molar-refractivity contribution >= 4 is 11.9 Å². The summed E-state index contributed by atoms with van der Waals surface area (Å²) in [6, 6.07) is -3.58. The molecule has 0 aromatic rings. The van der Waals surface area contributed by atoms with E-state index in [1.807, 2.05) is 6.08 Å². The number of carboxylic acids is 2. The molecule has 1 atom stereocenters. The average molecular weight is 571 g/mol. The van der Waals surface area contributed by atoms with E-state index in [2.05, 4.69) is 6.92 Å². The van der Waals surface area contributed by atoms with Crippen LogP contribution in [0.4, 0.5) is 0 Å². The van der Waals surface area contributed by atoms with Crippen LogP contribution in [0.3, 0.4) is 0 Å². The molecule has 0 heterocycles. The molecular formula is C36H62O4. The Hall–Kier alpha value is -2.10. The van der Waals surface area contributed by atoms with Gasteiger partial charge in [0.05, 0.1) is 5.48 Å². The van der Waals surface area contributed by atoms with Gasteiger partial charge in [-0.1, -0.05) is 172 Å². The molecule has 1 unspecified atom stereocenters. The summed E-state index contributed by atoms with van der Waals surface area (Å²) >= 11 is 0. The first-order valence-electron chi connectivity index (χ1n) is 19.1. The number of carbonyl (C=O) groups is 2. The van der Waals surface area contributed by atoms with Gasteiger partial charge in [-0.25, -0.2) is 9.59 Å². The van der Waals surface area contributed by atoms with Gasteiger partial charge < -0.3 is 10.2 Å². The Morgan fingerprint density at radius 1 is 0.650 bits per heavy atom. The van der Waals surface area contributed by atoms with Crippen LogP contribution in [0.1, 0.15) is 169 Å². The fraction of sp³-hybridized carbons (Fsp3) is 0.722. The molecule has 0 fully saturated rings. The normalized spacial score (nSPS) is 16.4. The summed E-state index contributed by atoms with van der Waals surface area (Å²) in [5, 5.41) is 17.5. The molecule has 0 radical (unpaired) electrons. The first-order valence-corrected chi connectivity index (χ1v) is 16.1. The second-order valence-electron chi connectivity index (χ2n) is 10.9. The van der Waals surface area contributed by atoms with Crippen LogP contribution in [-0.4, -0.2) is 22.2 Å². The fourth-order valence-electron chi connectivity index (χ4n) is 4.87. The lowest BCUT2D eigenvalue weighted by atomic mass is 9.90. The van der Waals surface area contributed by atoms with E-state index in [-0.39, 0.29) is 12.3 Å². The Kier molecular flexibility index (Phi) is 22.0. The molecule has 230 valence electrons. The molecule has 0 saturated heterocycles. The summed E-state index contributed by atoms with van der Waals surface area (Å²) in [5.41, 5.74) is 0. The van der Waals surface area contributed by atoms with Crippen LogP contribution < -0.4 is 0 Å². The van der Waals surface area contributed by atoms with E-state index in [0.717, 1.165) is 63.9 Å². The first kappa shape index (κ1) is 28.0. The Labute approximate surface area is 255 Å². The molecule has 40 heavy (non-hydrogen) atoms. The third kappa shape index (κ3) is 32.1. The van der Waals surface area contributed by atoms with Gasteiger partial charge in [0.2, 0.25) is 0 Å². The zero-order valence-electron chi connectivity index (χ0n) is 31.4. The van der Waals surface area contributed by atoms with Crippen LogP contribution >= 0.6 is 0 Å². The van der Waals surface area contributed by atoms with Crippen LogP contribution in [0.2, 0.25) is 0 Å². The molecule has 4 heteroatoms. The Morgan fingerprint density at radius 3 is 1.65 bits per heavy atom. The van der Waals surface area contributed by atoms with Gasteiger partial charge in [-0.15, -0.1) is 0 Å². The molecule has 0 bridgehead atoms. The molecular weight excluding hydrogens is 496 g/mol. The second-order valence-corrected chi connectivity index (χ2v) is 10.9. The van der Waals surface area contributed by atoms with Gasteiger partial charge in [-0.3, -0.25) is 0 Å². The maximum atomic E-state index is 11.0. The van der Waals surface area contributed by atoms with Gasteiger partial charge >= 0.3 is 11.9 Å². The van der Waals surface area contributed by atoms with Crippen LogP contribution in [-0.2, 0) is 9.59 Å². The topological polar surface area (TPSA) is 74.6 Å². The van der Waals surface area contributed by atoms with Gasteiger partial charge in [0.1, 0.15) is 0 Å². The summed E-state index contributed by atoms with van der Waals surface area (Å²) in [4.78, 5) is 21.4. The molecule has 0 aliphatic heterocycles. The van der Waals surface area contributed by atoms with Crippen molar-refractivity contribution in [2.45, 2.75) is 161 Å². The number of allylic oxidation sites excluding steroid dienone is 6. The van der Waals surface area contributed by atoms with E-state index in [1.54, 1.807) is 12.2 Å². The monoisotopic (exact) mass is 571 g/mol. The van der Waals surface area contributed by atoms with Crippen LogP contribution in [0.15, 0.2) is 48.5 Å². The van der Waals surface area contributed by atoms with Crippen molar-refractivity contribution in [3.63, 3.8) is 0 Å². The highest BCUT2D eigenvalue weighted by molar-refractivity contribution is 5.80. The summed E-state index contributed by atoms with van der Waals surface area (Å²) in [5.74, 6) is -2.54. The summed E-state index contributed by atoms with van der Waals surface area (Å²) in [6.07, 6.45) is 29.5. The minimum Gasteiger partial charge on any atom is -0.478 e. The minimum absolute atomic E-state index is 0.0491. The van der Waals surface area contributed by atoms with Crippen LogP contribution in [0.25, 0.3) is 0 Å². The lowest BCUT2D eigenvalue weighted by Crippen LogP contribution is -2.01. The standard InChI is InChI=1S/C36H62O4/c1-2-3-4-5-6-16-19-24-29-34(31-26-22-23-28-33-36(39)40)30-25-20-17-14-12-10-8-7-9-11-13-15-18-21-27-32-35(37)38/h18,21-23,27-28,32-34H,2-17,19-20,24-26,29-31H2,1H3,(H,37,38)(H,39,40)/i22T,23T,26T2,28T,33T. The van der Waals surface area contributed by atoms with Crippen molar-refractivity contribution in [1.29, 1.82) is 0 Å². The lowest BCUT2D eigenvalue weighted by molar-refractivity contribution is -0.132. The Balaban J connectivity index is 4.57. The fourth-order valence-corrected chi connectivity index (χ4v) is 4.87. The van der Waals surface area contributed by atoms with Gasteiger partial charge in [0, 0.05) is 14.9 Å². The number of rotatable bonds is 30. The van der Waals surface area contributed by atoms with Crippen molar-refractivity contribution < 1.29 is 28.0 Å². The van der Waals surface area contributed by atoms with Crippen molar-refractivity contribution in [3.8, 4) is 0 Å². The molecule has 0 amide bonds. The zero-order chi connectivity index (χ0) is 34.6. The van der Waals surface area contributed by atoms with Crippen LogP contribution in [0.5, 0.6) is 0 Å². The number of aliphatic carboxylic acids is 2. The highest BCUT2D eigenvalue weighted by Gasteiger charge is 2.08. The Bertz CT molecular complexity index is 958. The molecule has 2 N–H and O–H groups in total. The van der Waals surface area contributed by atoms with Crippen LogP contribution in [0, 0.1) is 5.92 Å². The highest BCUT2D eigenvalue weighted by atomic mass is 16.4. The number of unbranched alkanes of at least 4 members (excludes halogenated alkanes) is 18. The largest absolute Gasteiger partial charge is 0.478 e. The average Bonchev–Trinajstić information content (AvgIpc) is 3.01. The molecule has 0 spiro atoms. The zero-order valence-corrected chi connectivity index (χ0v) is 25.4. The number of hydrogen-bond donors (Lipinski definition) is 2. The summed E-state index contributed by atoms with van der Waals surface area (Å²) < 4.78 is 48.5. The predicted molar refractivity (Wildman–Crippen MR) is 172 cm³/mol. The molecule has 0 aliphatic rings. The van der Waals surface area contributed by atoms with E-state index >= 15 is 0 Å². The van der Waals surface area contributed by atoms with Crippen molar-refractivity contribution in [3.05, 3.63) is 48.5 Å². The quantitative estimate of drug-likeness (QED) is 0.0511. The maximum absolute atomic E-state index is 11.0. The molecule has 0 aromatic carbocycles. The van der Waals surface area contributed by atoms with Gasteiger partial charge in [-0.2, -0.15) is 0 Å². The highest BCUT2D eigenvalue weighted by Crippen LogP contribution is 2.24. The third-order valence-electron chi connectivity index (χ3n) is 7.21. The SMILES string of the molecule is [3H]C(C(=O)O)=C([3H])C([3H])=C([3H])C([3H])([3H])CC(CCCCCCCCCC)CCCCCCCCCCCCCC=CC=CC(=O)O. The van der Waals surface area contributed by atoms with Gasteiger partial charge in [0.15, 0.2) is 0 Å². The molecule has 0 aromatic heterocycles. The molecule has 0 aliphatic carbocycles. The van der Waals surface area contributed by atoms with Crippen molar-refractivity contribution in [2.75, 3.05) is 0 Å². The second kappa shape index (κ2) is 31.4. The van der Waals surface area contributed by atoms with Gasteiger partial charge in [0.25, 0.3) is 0 Å².